The number of rotatable bonds is 2. The van der Waals surface area contributed by atoms with Gasteiger partial charge < -0.3 is 0 Å². The van der Waals surface area contributed by atoms with E-state index in [1.165, 1.54) is 108 Å². The van der Waals surface area contributed by atoms with Gasteiger partial charge in [-0.05, 0) is 88.1 Å². The summed E-state index contributed by atoms with van der Waals surface area (Å²) in [5.41, 5.74) is 10.8. The predicted octanol–water partition coefficient (Wildman–Crippen LogP) is 14.3. The second-order valence-electron chi connectivity index (χ2n) is 14.4. The summed E-state index contributed by atoms with van der Waals surface area (Å²) in [7, 11) is 0. The molecule has 1 heteroatoms. The normalized spacial score (nSPS) is 13.6. The van der Waals surface area contributed by atoms with Gasteiger partial charge in [-0.3, -0.25) is 0 Å². The van der Waals surface area contributed by atoms with Gasteiger partial charge in [-0.1, -0.05) is 166 Å². The van der Waals surface area contributed by atoms with Crippen LogP contribution >= 0.6 is 11.3 Å². The van der Waals surface area contributed by atoms with Crippen molar-refractivity contribution in [3.63, 3.8) is 0 Å². The number of hydrogen-bond acceptors (Lipinski definition) is 1. The van der Waals surface area contributed by atoms with Crippen LogP contribution in [0.5, 0.6) is 0 Å². The molecule has 1 heterocycles. The Morgan fingerprint density at radius 2 is 0.980 bits per heavy atom. The summed E-state index contributed by atoms with van der Waals surface area (Å²) >= 11 is 1.96. The molecule has 0 atom stereocenters. The highest BCUT2D eigenvalue weighted by Gasteiger charge is 2.38. The third-order valence-corrected chi connectivity index (χ3v) is 12.6. The summed E-state index contributed by atoms with van der Waals surface area (Å²) in [6.45, 7) is 4.80. The molecule has 0 saturated carbocycles. The van der Waals surface area contributed by atoms with Crippen LogP contribution in [0.4, 0.5) is 0 Å². The van der Waals surface area contributed by atoms with Crippen LogP contribution in [0.25, 0.3) is 96.6 Å². The smallest absolute Gasteiger partial charge is 0.0437 e. The molecule has 50 heavy (non-hydrogen) atoms. The first-order valence-electron chi connectivity index (χ1n) is 17.5. The largest absolute Gasteiger partial charge is 0.134 e. The Bertz CT molecular complexity index is 3000. The van der Waals surface area contributed by atoms with E-state index in [9.17, 15) is 0 Å². The molecule has 0 unspecified atom stereocenters. The zero-order valence-electron chi connectivity index (χ0n) is 27.9. The maximum atomic E-state index is 2.46. The topological polar surface area (TPSA) is 0 Å². The molecule has 0 nitrogen and oxygen atoms in total. The molecule has 0 amide bonds. The highest BCUT2D eigenvalue weighted by molar-refractivity contribution is 7.26. The Hall–Kier alpha value is -5.76. The minimum Gasteiger partial charge on any atom is -0.134 e. The number of fused-ring (bicyclic) bond motifs is 12. The van der Waals surface area contributed by atoms with E-state index in [0.29, 0.717) is 0 Å². The third-order valence-electron chi connectivity index (χ3n) is 11.4. The van der Waals surface area contributed by atoms with E-state index in [4.69, 9.17) is 0 Å². The number of benzene rings is 9. The molecule has 0 bridgehead atoms. The van der Waals surface area contributed by atoms with Gasteiger partial charge in [0.15, 0.2) is 0 Å². The van der Waals surface area contributed by atoms with E-state index in [1.54, 1.807) is 0 Å². The molecule has 0 fully saturated rings. The summed E-state index contributed by atoms with van der Waals surface area (Å²) < 4.78 is 2.74. The SMILES string of the molecule is CC1(C)c2ccc3c(sc4cc(-c5c6ccccc6c(-c6cccc7ccccc67)c6ccccc56)ccc43)c2-c2ccc3ccccc3c21. The predicted molar refractivity (Wildman–Crippen MR) is 218 cm³/mol. The summed E-state index contributed by atoms with van der Waals surface area (Å²) in [5, 5.41) is 13.1. The van der Waals surface area contributed by atoms with Crippen molar-refractivity contribution in [1.29, 1.82) is 0 Å². The van der Waals surface area contributed by atoms with Crippen LogP contribution in [-0.4, -0.2) is 0 Å². The van der Waals surface area contributed by atoms with Gasteiger partial charge in [-0.2, -0.15) is 0 Å². The van der Waals surface area contributed by atoms with Crippen molar-refractivity contribution in [3.8, 4) is 33.4 Å². The van der Waals surface area contributed by atoms with Gasteiger partial charge in [-0.15, -0.1) is 11.3 Å². The first kappa shape index (κ1) is 28.1. The lowest BCUT2D eigenvalue weighted by atomic mass is 9.80. The van der Waals surface area contributed by atoms with Crippen LogP contribution in [-0.2, 0) is 5.41 Å². The third kappa shape index (κ3) is 3.71. The molecule has 9 aromatic carbocycles. The van der Waals surface area contributed by atoms with E-state index in [-0.39, 0.29) is 5.41 Å². The fourth-order valence-electron chi connectivity index (χ4n) is 9.24. The van der Waals surface area contributed by atoms with Crippen molar-refractivity contribution in [2.45, 2.75) is 19.3 Å². The summed E-state index contributed by atoms with van der Waals surface area (Å²) in [6, 6.07) is 59.0. The van der Waals surface area contributed by atoms with E-state index < -0.39 is 0 Å². The number of hydrogen-bond donors (Lipinski definition) is 0. The Morgan fingerprint density at radius 1 is 0.400 bits per heavy atom. The standard InChI is InChI=1S/C49H32S/c1-49(2)42-27-26-40-34-24-23-31(28-43(34)50-48(40)46(42)41-25-22-30-13-4-6-16-33(30)47(41)49)44-36-17-7-9-19-38(36)45(39-20-10-8-18-37(39)44)35-21-11-14-29-12-3-5-15-32(29)35/h3-28H,1-2H3. The summed E-state index contributed by atoms with van der Waals surface area (Å²) in [4.78, 5) is 0. The monoisotopic (exact) mass is 652 g/mol. The van der Waals surface area contributed by atoms with Crippen molar-refractivity contribution < 1.29 is 0 Å². The molecule has 0 saturated heterocycles. The lowest BCUT2D eigenvalue weighted by Crippen LogP contribution is -2.15. The van der Waals surface area contributed by atoms with Gasteiger partial charge in [0.2, 0.25) is 0 Å². The summed E-state index contributed by atoms with van der Waals surface area (Å²) in [6.07, 6.45) is 0. The molecule has 0 radical (unpaired) electrons. The zero-order valence-corrected chi connectivity index (χ0v) is 28.7. The fraction of sp³-hybridized carbons (Fsp3) is 0.0612. The van der Waals surface area contributed by atoms with E-state index in [1.807, 2.05) is 11.3 Å². The van der Waals surface area contributed by atoms with Crippen LogP contribution in [0.1, 0.15) is 25.0 Å². The molecular weight excluding hydrogens is 621 g/mol. The van der Waals surface area contributed by atoms with Gasteiger partial charge >= 0.3 is 0 Å². The van der Waals surface area contributed by atoms with Gasteiger partial charge in [0.25, 0.3) is 0 Å². The average Bonchev–Trinajstić information content (AvgIpc) is 3.65. The van der Waals surface area contributed by atoms with Crippen LogP contribution < -0.4 is 0 Å². The Kier molecular flexibility index (Phi) is 5.70. The molecule has 0 spiro atoms. The number of thiophene rings is 1. The minimum atomic E-state index is -0.0648. The molecule has 234 valence electrons. The zero-order chi connectivity index (χ0) is 33.1. The Labute approximate surface area is 294 Å². The highest BCUT2D eigenvalue weighted by Crippen LogP contribution is 2.56. The molecule has 0 N–H and O–H groups in total. The van der Waals surface area contributed by atoms with Crippen molar-refractivity contribution >= 4 is 74.6 Å². The van der Waals surface area contributed by atoms with Gasteiger partial charge in [0.05, 0.1) is 0 Å². The quantitative estimate of drug-likeness (QED) is 0.163. The highest BCUT2D eigenvalue weighted by atomic mass is 32.1. The minimum absolute atomic E-state index is 0.0648. The fourth-order valence-corrected chi connectivity index (χ4v) is 10.5. The molecule has 10 aromatic rings. The second-order valence-corrected chi connectivity index (χ2v) is 15.4. The Balaban J connectivity index is 1.18. The van der Waals surface area contributed by atoms with E-state index in [2.05, 4.69) is 172 Å². The van der Waals surface area contributed by atoms with Gasteiger partial charge in [-0.25, -0.2) is 0 Å². The Morgan fingerprint density at radius 3 is 1.70 bits per heavy atom. The average molecular weight is 653 g/mol. The second kappa shape index (κ2) is 10.1. The molecule has 11 rings (SSSR count). The van der Waals surface area contributed by atoms with Crippen LogP contribution in [0.3, 0.4) is 0 Å². The van der Waals surface area contributed by atoms with Gasteiger partial charge in [0.1, 0.15) is 0 Å². The van der Waals surface area contributed by atoms with Crippen molar-refractivity contribution in [2.75, 3.05) is 0 Å². The van der Waals surface area contributed by atoms with Gasteiger partial charge in [0, 0.05) is 31.2 Å². The van der Waals surface area contributed by atoms with E-state index >= 15 is 0 Å². The van der Waals surface area contributed by atoms with Crippen LogP contribution in [0.2, 0.25) is 0 Å². The van der Waals surface area contributed by atoms with Crippen LogP contribution in [0, 0.1) is 0 Å². The van der Waals surface area contributed by atoms with Crippen molar-refractivity contribution in [2.24, 2.45) is 0 Å². The maximum Gasteiger partial charge on any atom is 0.0437 e. The summed E-state index contributed by atoms with van der Waals surface area (Å²) in [5.74, 6) is 0. The molecular formula is C49H32S. The van der Waals surface area contributed by atoms with Crippen molar-refractivity contribution in [1.82, 2.24) is 0 Å². The molecule has 1 aromatic heterocycles. The van der Waals surface area contributed by atoms with E-state index in [0.717, 1.165) is 0 Å². The molecule has 0 aliphatic heterocycles. The van der Waals surface area contributed by atoms with Crippen molar-refractivity contribution in [3.05, 3.63) is 169 Å². The molecule has 1 aliphatic carbocycles. The first-order valence-corrected chi connectivity index (χ1v) is 18.3. The lowest BCUT2D eigenvalue weighted by molar-refractivity contribution is 0.667. The maximum absolute atomic E-state index is 2.46. The first-order chi connectivity index (χ1) is 24.6. The van der Waals surface area contributed by atoms with Crippen LogP contribution in [0.15, 0.2) is 158 Å². The lowest BCUT2D eigenvalue weighted by Gasteiger charge is -2.23. The molecule has 1 aliphatic rings.